The van der Waals surface area contributed by atoms with Crippen LogP contribution in [0.25, 0.3) is 10.6 Å². The third-order valence-corrected chi connectivity index (χ3v) is 3.83. The molecule has 0 saturated heterocycles. The quantitative estimate of drug-likeness (QED) is 0.856. The summed E-state index contributed by atoms with van der Waals surface area (Å²) in [6.45, 7) is 1.74. The van der Waals surface area contributed by atoms with E-state index in [2.05, 4.69) is 20.1 Å². The van der Waals surface area contributed by atoms with E-state index in [1.165, 1.54) is 25.5 Å². The van der Waals surface area contributed by atoms with Crippen LogP contribution < -0.4 is 5.43 Å². The van der Waals surface area contributed by atoms with E-state index in [1.54, 1.807) is 25.4 Å². The summed E-state index contributed by atoms with van der Waals surface area (Å²) in [5.74, 6) is -0.409. The fraction of sp³-hybridized carbons (Fsp3) is 0.231. The molecule has 0 atom stereocenters. The number of carbonyl (C=O) groups is 2. The van der Waals surface area contributed by atoms with E-state index >= 15 is 0 Å². The number of aromatic nitrogens is 2. The molecule has 21 heavy (non-hydrogen) atoms. The van der Waals surface area contributed by atoms with Gasteiger partial charge >= 0.3 is 6.09 Å². The average molecular weight is 306 g/mol. The molecule has 0 unspecified atom stereocenters. The van der Waals surface area contributed by atoms with Gasteiger partial charge in [-0.05, 0) is 19.1 Å². The Hall–Kier alpha value is -2.48. The Morgan fingerprint density at radius 2 is 2.19 bits per heavy atom. The van der Waals surface area contributed by atoms with E-state index in [4.69, 9.17) is 0 Å². The van der Waals surface area contributed by atoms with Crippen molar-refractivity contribution in [1.29, 1.82) is 0 Å². The van der Waals surface area contributed by atoms with Crippen molar-refractivity contribution >= 4 is 23.3 Å². The van der Waals surface area contributed by atoms with Crippen molar-refractivity contribution in [3.63, 3.8) is 0 Å². The molecule has 7 nitrogen and oxygen atoms in total. The lowest BCUT2D eigenvalue weighted by molar-refractivity contribution is 0.0769. The van der Waals surface area contributed by atoms with Crippen LogP contribution in [0.1, 0.15) is 15.4 Å². The van der Waals surface area contributed by atoms with Crippen molar-refractivity contribution in [2.24, 2.45) is 0 Å². The summed E-state index contributed by atoms with van der Waals surface area (Å²) in [6.07, 6.45) is 2.70. The summed E-state index contributed by atoms with van der Waals surface area (Å²) in [6, 6.07) is 3.67. The number of aryl methyl sites for hydroxylation is 1. The van der Waals surface area contributed by atoms with Crippen molar-refractivity contribution < 1.29 is 14.3 Å². The molecule has 0 aromatic carbocycles. The fourth-order valence-electron chi connectivity index (χ4n) is 1.61. The number of amides is 2. The monoisotopic (exact) mass is 306 g/mol. The molecule has 0 aliphatic heterocycles. The number of hydrazine groups is 1. The highest BCUT2D eigenvalue weighted by atomic mass is 32.1. The van der Waals surface area contributed by atoms with E-state index in [-0.39, 0.29) is 0 Å². The standard InChI is InChI=1S/C13H14N4O3S/c1-8-10(11(18)16-17(2)13(19)20-3)21-12(15-8)9-5-4-6-14-7-9/h4-7H,1-3H3,(H,16,18). The number of carbonyl (C=O) groups excluding carboxylic acids is 2. The molecule has 0 saturated carbocycles. The Morgan fingerprint density at radius 3 is 2.81 bits per heavy atom. The first-order chi connectivity index (χ1) is 10.0. The highest BCUT2D eigenvalue weighted by Crippen LogP contribution is 2.27. The number of hydrogen-bond donors (Lipinski definition) is 1. The lowest BCUT2D eigenvalue weighted by Crippen LogP contribution is -2.43. The van der Waals surface area contributed by atoms with E-state index in [0.29, 0.717) is 15.6 Å². The molecule has 2 amide bonds. The molecular formula is C13H14N4O3S. The minimum Gasteiger partial charge on any atom is -0.452 e. The van der Waals surface area contributed by atoms with Crippen LogP contribution in [0.5, 0.6) is 0 Å². The van der Waals surface area contributed by atoms with Gasteiger partial charge in [-0.1, -0.05) is 0 Å². The van der Waals surface area contributed by atoms with E-state index in [9.17, 15) is 9.59 Å². The Morgan fingerprint density at radius 1 is 1.43 bits per heavy atom. The molecule has 0 aliphatic carbocycles. The first-order valence-corrected chi connectivity index (χ1v) is 6.85. The zero-order valence-electron chi connectivity index (χ0n) is 11.8. The van der Waals surface area contributed by atoms with Gasteiger partial charge in [-0.2, -0.15) is 0 Å². The SMILES string of the molecule is COC(=O)N(C)NC(=O)c1sc(-c2cccnc2)nc1C. The van der Waals surface area contributed by atoms with Crippen LogP contribution in [0.15, 0.2) is 24.5 Å². The molecule has 0 aliphatic rings. The van der Waals surface area contributed by atoms with Crippen LogP contribution in [-0.2, 0) is 4.74 Å². The van der Waals surface area contributed by atoms with Crippen LogP contribution >= 0.6 is 11.3 Å². The van der Waals surface area contributed by atoms with Gasteiger partial charge in [0.25, 0.3) is 5.91 Å². The molecule has 110 valence electrons. The molecule has 0 bridgehead atoms. The Bertz CT molecular complexity index is 657. The maximum Gasteiger partial charge on any atom is 0.428 e. The van der Waals surface area contributed by atoms with Crippen molar-refractivity contribution in [1.82, 2.24) is 20.4 Å². The van der Waals surface area contributed by atoms with Gasteiger partial charge in [0.2, 0.25) is 0 Å². The molecular weight excluding hydrogens is 292 g/mol. The number of hydrogen-bond acceptors (Lipinski definition) is 6. The second-order valence-electron chi connectivity index (χ2n) is 4.15. The predicted octanol–water partition coefficient (Wildman–Crippen LogP) is 1.86. The molecule has 2 aromatic heterocycles. The second-order valence-corrected chi connectivity index (χ2v) is 5.14. The molecule has 8 heteroatoms. The van der Waals surface area contributed by atoms with Gasteiger partial charge in [0.1, 0.15) is 9.88 Å². The van der Waals surface area contributed by atoms with Crippen molar-refractivity contribution in [2.45, 2.75) is 6.92 Å². The van der Waals surface area contributed by atoms with Gasteiger partial charge in [-0.3, -0.25) is 15.2 Å². The Labute approximate surface area is 125 Å². The normalized spacial score (nSPS) is 10.0. The van der Waals surface area contributed by atoms with Gasteiger partial charge in [0.05, 0.1) is 12.8 Å². The lowest BCUT2D eigenvalue weighted by Gasteiger charge is -2.15. The molecule has 2 rings (SSSR count). The molecule has 1 N–H and O–H groups in total. The maximum absolute atomic E-state index is 12.1. The van der Waals surface area contributed by atoms with Gasteiger partial charge < -0.3 is 4.74 Å². The van der Waals surface area contributed by atoms with Gasteiger partial charge in [-0.25, -0.2) is 14.8 Å². The summed E-state index contributed by atoms with van der Waals surface area (Å²) in [7, 11) is 2.64. The zero-order chi connectivity index (χ0) is 15.4. The fourth-order valence-corrected chi connectivity index (χ4v) is 2.55. The van der Waals surface area contributed by atoms with Crippen LogP contribution in [0, 0.1) is 6.92 Å². The van der Waals surface area contributed by atoms with Crippen molar-refractivity contribution in [3.05, 3.63) is 35.1 Å². The smallest absolute Gasteiger partial charge is 0.428 e. The largest absolute Gasteiger partial charge is 0.452 e. The zero-order valence-corrected chi connectivity index (χ0v) is 12.6. The summed E-state index contributed by atoms with van der Waals surface area (Å²) < 4.78 is 4.51. The summed E-state index contributed by atoms with van der Waals surface area (Å²) in [5, 5.41) is 1.68. The Balaban J connectivity index is 2.19. The van der Waals surface area contributed by atoms with Crippen molar-refractivity contribution in [3.8, 4) is 10.6 Å². The topological polar surface area (TPSA) is 84.4 Å². The highest BCUT2D eigenvalue weighted by Gasteiger charge is 2.19. The van der Waals surface area contributed by atoms with Crippen LogP contribution in [0.2, 0.25) is 0 Å². The average Bonchev–Trinajstić information content (AvgIpc) is 2.89. The minimum absolute atomic E-state index is 0.409. The lowest BCUT2D eigenvalue weighted by atomic mass is 10.3. The molecule has 0 radical (unpaired) electrons. The molecule has 2 aromatic rings. The molecule has 0 spiro atoms. The number of ether oxygens (including phenoxy) is 1. The van der Waals surface area contributed by atoms with E-state index in [1.807, 2.05) is 6.07 Å². The first-order valence-electron chi connectivity index (χ1n) is 6.03. The van der Waals surface area contributed by atoms with Gasteiger partial charge in [-0.15, -0.1) is 11.3 Å². The van der Waals surface area contributed by atoms with Gasteiger partial charge in [0.15, 0.2) is 0 Å². The third kappa shape index (κ3) is 3.34. The number of pyridine rings is 1. The van der Waals surface area contributed by atoms with Crippen LogP contribution in [-0.4, -0.2) is 41.1 Å². The number of rotatable bonds is 2. The number of methoxy groups -OCH3 is 1. The molecule has 0 fully saturated rings. The molecule has 2 heterocycles. The second kappa shape index (κ2) is 6.31. The van der Waals surface area contributed by atoms with Crippen LogP contribution in [0.3, 0.4) is 0 Å². The summed E-state index contributed by atoms with van der Waals surface area (Å²) >= 11 is 1.24. The van der Waals surface area contributed by atoms with E-state index in [0.717, 1.165) is 10.6 Å². The Kier molecular flexibility index (Phi) is 4.49. The van der Waals surface area contributed by atoms with E-state index < -0.39 is 12.0 Å². The van der Waals surface area contributed by atoms with Gasteiger partial charge in [0, 0.05) is 25.0 Å². The number of nitrogens with one attached hydrogen (secondary N) is 1. The van der Waals surface area contributed by atoms with Crippen LogP contribution in [0.4, 0.5) is 4.79 Å². The maximum atomic E-state index is 12.1. The number of thiazole rings is 1. The highest BCUT2D eigenvalue weighted by molar-refractivity contribution is 7.17. The van der Waals surface area contributed by atoms with Crippen molar-refractivity contribution in [2.75, 3.05) is 14.2 Å². The predicted molar refractivity (Wildman–Crippen MR) is 77.7 cm³/mol. The summed E-state index contributed by atoms with van der Waals surface area (Å²) in [5.41, 5.74) is 3.86. The number of nitrogens with zero attached hydrogens (tertiary/aromatic N) is 3. The minimum atomic E-state index is -0.655. The third-order valence-electron chi connectivity index (χ3n) is 2.63. The summed E-state index contributed by atoms with van der Waals surface area (Å²) in [4.78, 5) is 32.2. The first kappa shape index (κ1) is 14.9.